The number of nitrogens with zero attached hydrogens (tertiary/aromatic N) is 2. The van der Waals surface area contributed by atoms with Gasteiger partial charge in [0, 0.05) is 18.7 Å². The molecule has 123 valence electrons. The van der Waals surface area contributed by atoms with Crippen molar-refractivity contribution in [1.29, 1.82) is 0 Å². The van der Waals surface area contributed by atoms with Crippen molar-refractivity contribution in [3.63, 3.8) is 0 Å². The van der Waals surface area contributed by atoms with Gasteiger partial charge in [-0.15, -0.1) is 0 Å². The Morgan fingerprint density at radius 1 is 1.43 bits per heavy atom. The fraction of sp³-hybridized carbons (Fsp3) is 0.385. The molecule has 0 aliphatic heterocycles. The molecule has 0 spiro atoms. The fourth-order valence-corrected chi connectivity index (χ4v) is 1.04. The zero-order valence-electron chi connectivity index (χ0n) is 12.0. The number of hydrogen-bond donors (Lipinski definition) is 0. The van der Waals surface area contributed by atoms with E-state index in [1.54, 1.807) is 0 Å². The Hall–Kier alpha value is -1.47. The van der Waals surface area contributed by atoms with Crippen LogP contribution in [0.25, 0.3) is 0 Å². The fourth-order valence-electron chi connectivity index (χ4n) is 1.04. The zero-order chi connectivity index (χ0) is 14.8. The van der Waals surface area contributed by atoms with Crippen LogP contribution in [-0.4, -0.2) is 49.7 Å². The van der Waals surface area contributed by atoms with E-state index in [1.807, 2.05) is 19.0 Å². The van der Waals surface area contributed by atoms with E-state index < -0.39 is 11.8 Å². The SMILES string of the molecule is CC(=O)[O-].CN(C)CCN=Cc1cc(F)ccc1[O-].O.[Cu+2]. The minimum absolute atomic E-state index is 0. The standard InChI is InChI=1S/C11H15FN2O.C2H4O2.Cu.H2O/c1-14(2)6-5-13-8-9-7-10(12)3-4-11(9)15;1-2(3)4;;/h3-4,7-8,15H,5-6H2,1-2H3;1H3,(H,3,4);;1H2/q;;+2;/p-2. The minimum Gasteiger partial charge on any atom is -0.872 e. The summed E-state index contributed by atoms with van der Waals surface area (Å²) < 4.78 is 12.8. The molecule has 0 amide bonds. The van der Waals surface area contributed by atoms with Gasteiger partial charge in [0.25, 0.3) is 0 Å². The monoisotopic (exact) mass is 349 g/mol. The molecule has 0 bridgehead atoms. The maximum absolute atomic E-state index is 12.8. The van der Waals surface area contributed by atoms with Crippen LogP contribution in [0.1, 0.15) is 12.5 Å². The Balaban J connectivity index is -0.000000482. The summed E-state index contributed by atoms with van der Waals surface area (Å²) in [6, 6.07) is 3.56. The van der Waals surface area contributed by atoms with Crippen molar-refractivity contribution in [2.75, 3.05) is 27.2 Å². The summed E-state index contributed by atoms with van der Waals surface area (Å²) in [6.45, 7) is 2.38. The quantitative estimate of drug-likeness (QED) is 0.502. The molecule has 2 N–H and O–H groups in total. The van der Waals surface area contributed by atoms with Gasteiger partial charge in [-0.3, -0.25) is 4.99 Å². The van der Waals surface area contributed by atoms with Gasteiger partial charge < -0.3 is 25.4 Å². The first-order valence-electron chi connectivity index (χ1n) is 5.61. The average molecular weight is 350 g/mol. The van der Waals surface area contributed by atoms with Crippen molar-refractivity contribution < 1.29 is 41.9 Å². The molecule has 0 aromatic heterocycles. The third kappa shape index (κ3) is 14.7. The van der Waals surface area contributed by atoms with E-state index in [4.69, 9.17) is 9.90 Å². The summed E-state index contributed by atoms with van der Waals surface area (Å²) in [5.74, 6) is -1.70. The predicted octanol–water partition coefficient (Wildman–Crippen LogP) is -1.19. The average Bonchev–Trinajstić information content (AvgIpc) is 2.28. The van der Waals surface area contributed by atoms with Crippen LogP contribution in [0.3, 0.4) is 0 Å². The molecule has 0 heterocycles. The molecule has 0 unspecified atom stereocenters. The van der Waals surface area contributed by atoms with Crippen molar-refractivity contribution in [3.8, 4) is 5.75 Å². The third-order valence-electron chi connectivity index (χ3n) is 1.88. The van der Waals surface area contributed by atoms with Gasteiger partial charge in [-0.05, 0) is 38.7 Å². The Morgan fingerprint density at radius 3 is 2.43 bits per heavy atom. The smallest absolute Gasteiger partial charge is 0.872 e. The number of likely N-dealkylation sites (N-methyl/N-ethyl adjacent to an activating group) is 1. The van der Waals surface area contributed by atoms with Gasteiger partial charge in [0.05, 0.1) is 6.54 Å². The van der Waals surface area contributed by atoms with Crippen molar-refractivity contribution in [3.05, 3.63) is 29.6 Å². The second-order valence-corrected chi connectivity index (χ2v) is 4.01. The molecule has 6 nitrogen and oxygen atoms in total. The summed E-state index contributed by atoms with van der Waals surface area (Å²) in [5.41, 5.74) is 0.300. The minimum atomic E-state index is -1.08. The number of aliphatic carboxylic acids is 1. The first kappa shape index (κ1) is 24.5. The van der Waals surface area contributed by atoms with Crippen molar-refractivity contribution >= 4 is 12.2 Å². The van der Waals surface area contributed by atoms with E-state index in [1.165, 1.54) is 18.3 Å². The largest absolute Gasteiger partial charge is 2.00 e. The number of halogens is 1. The molecule has 0 atom stereocenters. The van der Waals surface area contributed by atoms with Crippen LogP contribution in [-0.2, 0) is 21.9 Å². The first-order valence-corrected chi connectivity index (χ1v) is 5.61. The molecule has 0 saturated carbocycles. The predicted molar refractivity (Wildman–Crippen MR) is 71.2 cm³/mol. The van der Waals surface area contributed by atoms with E-state index in [-0.39, 0.29) is 28.3 Å². The number of benzene rings is 1. The Morgan fingerprint density at radius 2 is 1.95 bits per heavy atom. The van der Waals surface area contributed by atoms with Crippen LogP contribution in [0.15, 0.2) is 23.2 Å². The van der Waals surface area contributed by atoms with E-state index in [9.17, 15) is 9.50 Å². The van der Waals surface area contributed by atoms with Crippen LogP contribution in [0.5, 0.6) is 5.75 Å². The molecule has 0 fully saturated rings. The van der Waals surface area contributed by atoms with Crippen LogP contribution in [0, 0.1) is 5.82 Å². The maximum atomic E-state index is 12.8. The number of carboxylic acid groups (broad SMARTS) is 1. The van der Waals surface area contributed by atoms with E-state index in [2.05, 4.69) is 4.99 Å². The van der Waals surface area contributed by atoms with Crippen LogP contribution < -0.4 is 10.2 Å². The van der Waals surface area contributed by atoms with Gasteiger partial charge in [0.1, 0.15) is 5.82 Å². The van der Waals surface area contributed by atoms with E-state index in [0.717, 1.165) is 19.5 Å². The molecule has 1 aromatic carbocycles. The first-order chi connectivity index (χ1) is 8.82. The van der Waals surface area contributed by atoms with Gasteiger partial charge in [0.15, 0.2) is 0 Å². The molecular formula is C13H19CuFN2O4. The number of carboxylic acids is 1. The topological polar surface area (TPSA) is 110 Å². The Bertz CT molecular complexity index is 438. The normalized spacial score (nSPS) is 9.38. The maximum Gasteiger partial charge on any atom is 2.00 e. The number of carbonyl (C=O) groups is 1. The Kier molecular flexibility index (Phi) is 15.8. The molecule has 0 aliphatic carbocycles. The van der Waals surface area contributed by atoms with Gasteiger partial charge in [-0.2, -0.15) is 0 Å². The van der Waals surface area contributed by atoms with Gasteiger partial charge in [-0.1, -0.05) is 11.8 Å². The number of carbonyl (C=O) groups excluding carboxylic acids is 1. The molecule has 8 heteroatoms. The van der Waals surface area contributed by atoms with Crippen molar-refractivity contribution in [1.82, 2.24) is 4.90 Å². The molecule has 1 radical (unpaired) electrons. The molecule has 21 heavy (non-hydrogen) atoms. The van der Waals surface area contributed by atoms with Crippen LogP contribution >= 0.6 is 0 Å². The molecular weight excluding hydrogens is 331 g/mol. The van der Waals surface area contributed by atoms with Crippen molar-refractivity contribution in [2.24, 2.45) is 4.99 Å². The summed E-state index contributed by atoms with van der Waals surface area (Å²) in [7, 11) is 3.88. The van der Waals surface area contributed by atoms with Crippen molar-refractivity contribution in [2.45, 2.75) is 6.92 Å². The zero-order valence-corrected chi connectivity index (χ0v) is 13.0. The van der Waals surface area contributed by atoms with E-state index in [0.29, 0.717) is 12.1 Å². The number of rotatable bonds is 4. The molecule has 1 aromatic rings. The second kappa shape index (κ2) is 13.5. The van der Waals surface area contributed by atoms with Crippen LogP contribution in [0.2, 0.25) is 0 Å². The van der Waals surface area contributed by atoms with Gasteiger partial charge >= 0.3 is 17.1 Å². The summed E-state index contributed by atoms with van der Waals surface area (Å²) in [6.07, 6.45) is 1.43. The second-order valence-electron chi connectivity index (χ2n) is 4.01. The number of aliphatic imine (C=N–C) groups is 1. The summed E-state index contributed by atoms with van der Waals surface area (Å²) in [5, 5.41) is 20.1. The van der Waals surface area contributed by atoms with Gasteiger partial charge in [-0.25, -0.2) is 4.39 Å². The molecule has 0 aliphatic rings. The molecule has 1 rings (SSSR count). The Labute approximate surface area is 134 Å². The number of hydrogen-bond acceptors (Lipinski definition) is 5. The summed E-state index contributed by atoms with van der Waals surface area (Å²) >= 11 is 0. The third-order valence-corrected chi connectivity index (χ3v) is 1.88. The van der Waals surface area contributed by atoms with Gasteiger partial charge in [0.2, 0.25) is 0 Å². The van der Waals surface area contributed by atoms with Crippen LogP contribution in [0.4, 0.5) is 4.39 Å². The molecule has 0 saturated heterocycles. The van der Waals surface area contributed by atoms with E-state index >= 15 is 0 Å². The summed E-state index contributed by atoms with van der Waals surface area (Å²) in [4.78, 5) is 14.9.